The number of benzene rings is 2. The summed E-state index contributed by atoms with van der Waals surface area (Å²) in [6, 6.07) is 16.6. The van der Waals surface area contributed by atoms with Crippen molar-refractivity contribution in [2.75, 3.05) is 32.8 Å². The lowest BCUT2D eigenvalue weighted by molar-refractivity contribution is -0.133. The zero-order chi connectivity index (χ0) is 18.4. The van der Waals surface area contributed by atoms with Crippen molar-refractivity contribution in [1.29, 1.82) is 0 Å². The third-order valence-electron chi connectivity index (χ3n) is 4.89. The molecule has 0 aliphatic carbocycles. The third-order valence-corrected chi connectivity index (χ3v) is 4.89. The van der Waals surface area contributed by atoms with Crippen molar-refractivity contribution in [3.8, 4) is 5.75 Å². The summed E-state index contributed by atoms with van der Waals surface area (Å²) in [5, 5.41) is 0. The van der Waals surface area contributed by atoms with E-state index in [0.29, 0.717) is 0 Å². The van der Waals surface area contributed by atoms with Gasteiger partial charge in [-0.25, -0.2) is 0 Å². The number of hydrogen-bond acceptors (Lipinski definition) is 3. The van der Waals surface area contributed by atoms with Gasteiger partial charge in [-0.2, -0.15) is 0 Å². The third kappa shape index (κ3) is 5.09. The van der Waals surface area contributed by atoms with E-state index < -0.39 is 0 Å². The molecule has 3 rings (SSSR count). The van der Waals surface area contributed by atoms with Crippen LogP contribution < -0.4 is 4.74 Å². The first kappa shape index (κ1) is 18.5. The lowest BCUT2D eigenvalue weighted by atomic mass is 10.1. The van der Waals surface area contributed by atoms with Gasteiger partial charge in [0.25, 0.3) is 5.91 Å². The molecular weight excluding hydrogens is 324 g/mol. The number of hydrogen-bond donors (Lipinski definition) is 0. The van der Waals surface area contributed by atoms with Crippen molar-refractivity contribution < 1.29 is 9.53 Å². The highest BCUT2D eigenvalue weighted by molar-refractivity contribution is 5.77. The number of rotatable bonds is 5. The molecule has 4 heteroatoms. The van der Waals surface area contributed by atoms with Crippen LogP contribution in [-0.4, -0.2) is 48.5 Å². The average Bonchev–Trinajstić information content (AvgIpc) is 2.89. The van der Waals surface area contributed by atoms with E-state index in [-0.39, 0.29) is 12.5 Å². The molecule has 0 saturated carbocycles. The van der Waals surface area contributed by atoms with Gasteiger partial charge in [0.1, 0.15) is 5.75 Å². The molecule has 0 bridgehead atoms. The summed E-state index contributed by atoms with van der Waals surface area (Å²) < 4.78 is 5.79. The Morgan fingerprint density at radius 1 is 1.00 bits per heavy atom. The van der Waals surface area contributed by atoms with Crippen molar-refractivity contribution >= 4 is 5.91 Å². The van der Waals surface area contributed by atoms with Crippen LogP contribution in [0.4, 0.5) is 0 Å². The second-order valence-corrected chi connectivity index (χ2v) is 7.05. The molecule has 0 radical (unpaired) electrons. The van der Waals surface area contributed by atoms with Crippen LogP contribution in [0.1, 0.15) is 23.1 Å². The van der Waals surface area contributed by atoms with Crippen LogP contribution in [0.5, 0.6) is 5.75 Å². The van der Waals surface area contributed by atoms with E-state index in [4.69, 9.17) is 4.74 Å². The lowest BCUT2D eigenvalue weighted by Crippen LogP contribution is -2.38. The maximum Gasteiger partial charge on any atom is 0.260 e. The Morgan fingerprint density at radius 3 is 2.62 bits per heavy atom. The average molecular weight is 352 g/mol. The van der Waals surface area contributed by atoms with Gasteiger partial charge in [0, 0.05) is 32.7 Å². The molecule has 26 heavy (non-hydrogen) atoms. The minimum atomic E-state index is 0.0764. The molecule has 1 aliphatic heterocycles. The van der Waals surface area contributed by atoms with Gasteiger partial charge >= 0.3 is 0 Å². The Hall–Kier alpha value is -2.33. The molecule has 4 nitrogen and oxygen atoms in total. The first-order valence-electron chi connectivity index (χ1n) is 9.36. The molecular formula is C22H28N2O2. The van der Waals surface area contributed by atoms with E-state index in [2.05, 4.69) is 35.2 Å². The summed E-state index contributed by atoms with van der Waals surface area (Å²) in [7, 11) is 0. The predicted molar refractivity (Wildman–Crippen MR) is 104 cm³/mol. The smallest absolute Gasteiger partial charge is 0.260 e. The fraction of sp³-hybridized carbons (Fsp3) is 0.409. The minimum Gasteiger partial charge on any atom is -0.483 e. The molecule has 0 spiro atoms. The summed E-state index contributed by atoms with van der Waals surface area (Å²) in [4.78, 5) is 16.9. The number of nitrogens with zero attached hydrogens (tertiary/aromatic N) is 2. The van der Waals surface area contributed by atoms with Gasteiger partial charge in [-0.05, 0) is 43.0 Å². The van der Waals surface area contributed by atoms with E-state index in [0.717, 1.165) is 56.0 Å². The highest BCUT2D eigenvalue weighted by atomic mass is 16.5. The summed E-state index contributed by atoms with van der Waals surface area (Å²) in [5.74, 6) is 0.881. The quantitative estimate of drug-likeness (QED) is 0.827. The Balaban J connectivity index is 1.50. The summed E-state index contributed by atoms with van der Waals surface area (Å²) in [5.41, 5.74) is 3.53. The SMILES string of the molecule is Cc1ccc(C)c(OCC(=O)N2CCCN(Cc3ccccc3)CC2)c1. The predicted octanol–water partition coefficient (Wildman–Crippen LogP) is 3.42. The summed E-state index contributed by atoms with van der Waals surface area (Å²) >= 11 is 0. The highest BCUT2D eigenvalue weighted by Crippen LogP contribution is 2.19. The first-order chi connectivity index (χ1) is 12.6. The number of amides is 1. The van der Waals surface area contributed by atoms with E-state index in [1.54, 1.807) is 0 Å². The normalized spacial score (nSPS) is 15.5. The maximum atomic E-state index is 12.6. The maximum absolute atomic E-state index is 12.6. The van der Waals surface area contributed by atoms with E-state index in [9.17, 15) is 4.79 Å². The zero-order valence-electron chi connectivity index (χ0n) is 15.8. The Bertz CT molecular complexity index is 730. The highest BCUT2D eigenvalue weighted by Gasteiger charge is 2.19. The van der Waals surface area contributed by atoms with Crippen molar-refractivity contribution in [1.82, 2.24) is 9.80 Å². The van der Waals surface area contributed by atoms with Crippen LogP contribution in [0.15, 0.2) is 48.5 Å². The Kier molecular flexibility index (Phi) is 6.29. The molecule has 1 fully saturated rings. The van der Waals surface area contributed by atoms with Crippen molar-refractivity contribution in [2.24, 2.45) is 0 Å². The standard InChI is InChI=1S/C22H28N2O2/c1-18-9-10-19(2)21(15-18)26-17-22(25)24-12-6-11-23(13-14-24)16-20-7-4-3-5-8-20/h3-5,7-10,15H,6,11-14,16-17H2,1-2H3. The largest absolute Gasteiger partial charge is 0.483 e. The molecule has 2 aromatic carbocycles. The number of carbonyl (C=O) groups is 1. The van der Waals surface area contributed by atoms with Gasteiger partial charge < -0.3 is 9.64 Å². The van der Waals surface area contributed by atoms with Crippen LogP contribution in [0.25, 0.3) is 0 Å². The molecule has 138 valence electrons. The molecule has 0 aromatic heterocycles. The van der Waals surface area contributed by atoms with E-state index >= 15 is 0 Å². The van der Waals surface area contributed by atoms with Gasteiger partial charge in [0.2, 0.25) is 0 Å². The van der Waals surface area contributed by atoms with Crippen LogP contribution in [-0.2, 0) is 11.3 Å². The van der Waals surface area contributed by atoms with Crippen molar-refractivity contribution in [3.05, 3.63) is 65.2 Å². The number of ether oxygens (including phenoxy) is 1. The van der Waals surface area contributed by atoms with E-state index in [1.165, 1.54) is 5.56 Å². The molecule has 1 saturated heterocycles. The van der Waals surface area contributed by atoms with Gasteiger partial charge in [-0.15, -0.1) is 0 Å². The summed E-state index contributed by atoms with van der Waals surface area (Å²) in [6.07, 6.45) is 1.00. The monoisotopic (exact) mass is 352 g/mol. The molecule has 1 aliphatic rings. The fourth-order valence-electron chi connectivity index (χ4n) is 3.31. The lowest BCUT2D eigenvalue weighted by Gasteiger charge is -2.22. The number of carbonyl (C=O) groups excluding carboxylic acids is 1. The van der Waals surface area contributed by atoms with Crippen LogP contribution in [0.3, 0.4) is 0 Å². The number of aryl methyl sites for hydroxylation is 2. The second kappa shape index (κ2) is 8.86. The summed E-state index contributed by atoms with van der Waals surface area (Å²) in [6.45, 7) is 8.60. The van der Waals surface area contributed by atoms with Crippen molar-refractivity contribution in [3.63, 3.8) is 0 Å². The molecule has 1 amide bonds. The Morgan fingerprint density at radius 2 is 1.81 bits per heavy atom. The Labute approximate surface area is 156 Å². The van der Waals surface area contributed by atoms with Gasteiger partial charge in [-0.3, -0.25) is 9.69 Å². The van der Waals surface area contributed by atoms with Gasteiger partial charge in [0.05, 0.1) is 0 Å². The minimum absolute atomic E-state index is 0.0764. The first-order valence-corrected chi connectivity index (χ1v) is 9.36. The molecule has 2 aromatic rings. The fourth-order valence-corrected chi connectivity index (χ4v) is 3.31. The van der Waals surface area contributed by atoms with Crippen LogP contribution in [0, 0.1) is 13.8 Å². The van der Waals surface area contributed by atoms with Crippen molar-refractivity contribution in [2.45, 2.75) is 26.8 Å². The molecule has 0 N–H and O–H groups in total. The van der Waals surface area contributed by atoms with Crippen LogP contribution >= 0.6 is 0 Å². The second-order valence-electron chi connectivity index (χ2n) is 7.05. The van der Waals surface area contributed by atoms with Gasteiger partial charge in [-0.1, -0.05) is 42.5 Å². The molecule has 0 atom stereocenters. The molecule has 0 unspecified atom stereocenters. The zero-order valence-corrected chi connectivity index (χ0v) is 15.8. The van der Waals surface area contributed by atoms with E-state index in [1.807, 2.05) is 36.9 Å². The topological polar surface area (TPSA) is 32.8 Å². The van der Waals surface area contributed by atoms with Crippen LogP contribution in [0.2, 0.25) is 0 Å². The van der Waals surface area contributed by atoms with Gasteiger partial charge in [0.15, 0.2) is 6.61 Å². The molecule has 1 heterocycles.